The van der Waals surface area contributed by atoms with Gasteiger partial charge in [0, 0.05) is 29.4 Å². The summed E-state index contributed by atoms with van der Waals surface area (Å²) < 4.78 is 26.3. The number of aromatic nitrogens is 2. The van der Waals surface area contributed by atoms with E-state index >= 15 is 0 Å². The van der Waals surface area contributed by atoms with Crippen LogP contribution in [0.15, 0.2) is 48.5 Å². The predicted octanol–water partition coefficient (Wildman–Crippen LogP) is 4.58. The average molecular weight is 389 g/mol. The van der Waals surface area contributed by atoms with Crippen LogP contribution in [-0.4, -0.2) is 15.9 Å². The van der Waals surface area contributed by atoms with E-state index in [2.05, 4.69) is 20.6 Å². The number of amides is 1. The van der Waals surface area contributed by atoms with Gasteiger partial charge in [-0.2, -0.15) is 0 Å². The zero-order chi connectivity index (χ0) is 19.4. The van der Waals surface area contributed by atoms with Crippen molar-refractivity contribution >= 4 is 29.0 Å². The number of benzene rings is 2. The van der Waals surface area contributed by atoms with E-state index in [1.807, 2.05) is 12.1 Å². The van der Waals surface area contributed by atoms with Gasteiger partial charge in [-0.25, -0.2) is 18.7 Å². The quantitative estimate of drug-likeness (QED) is 0.671. The molecule has 2 N–H and O–H groups in total. The van der Waals surface area contributed by atoms with Crippen LogP contribution in [0.5, 0.6) is 0 Å². The SMILES string of the molecule is Cc1nc(NCc2ccc(Cl)cc2)cc(C(=O)Nc2ccc(F)c(F)c2)n1. The Balaban J connectivity index is 1.72. The summed E-state index contributed by atoms with van der Waals surface area (Å²) in [5.41, 5.74) is 1.22. The number of hydrogen-bond acceptors (Lipinski definition) is 4. The summed E-state index contributed by atoms with van der Waals surface area (Å²) in [6, 6.07) is 11.9. The summed E-state index contributed by atoms with van der Waals surface area (Å²) in [6.07, 6.45) is 0. The van der Waals surface area contributed by atoms with E-state index in [-0.39, 0.29) is 11.4 Å². The fourth-order valence-corrected chi connectivity index (χ4v) is 2.46. The number of hydrogen-bond donors (Lipinski definition) is 2. The number of halogens is 3. The number of anilines is 2. The lowest BCUT2D eigenvalue weighted by Gasteiger charge is -2.10. The number of nitrogens with zero attached hydrogens (tertiary/aromatic N) is 2. The van der Waals surface area contributed by atoms with E-state index in [4.69, 9.17) is 11.6 Å². The van der Waals surface area contributed by atoms with Crippen LogP contribution in [0.1, 0.15) is 21.9 Å². The monoisotopic (exact) mass is 388 g/mol. The van der Waals surface area contributed by atoms with Gasteiger partial charge in [-0.15, -0.1) is 0 Å². The summed E-state index contributed by atoms with van der Waals surface area (Å²) in [7, 11) is 0. The highest BCUT2D eigenvalue weighted by atomic mass is 35.5. The summed E-state index contributed by atoms with van der Waals surface area (Å²) in [5, 5.41) is 6.24. The maximum Gasteiger partial charge on any atom is 0.274 e. The molecule has 2 aromatic carbocycles. The fourth-order valence-electron chi connectivity index (χ4n) is 2.34. The van der Waals surface area contributed by atoms with Gasteiger partial charge in [0.05, 0.1) is 0 Å². The molecule has 0 unspecified atom stereocenters. The lowest BCUT2D eigenvalue weighted by Crippen LogP contribution is -2.16. The van der Waals surface area contributed by atoms with Crippen molar-refractivity contribution in [3.8, 4) is 0 Å². The Bertz CT molecular complexity index is 980. The molecular weight excluding hydrogens is 374 g/mol. The van der Waals surface area contributed by atoms with Crippen molar-refractivity contribution in [1.82, 2.24) is 9.97 Å². The second kappa shape index (κ2) is 8.09. The molecule has 0 aliphatic heterocycles. The highest BCUT2D eigenvalue weighted by Crippen LogP contribution is 2.16. The molecule has 0 fully saturated rings. The first-order valence-corrected chi connectivity index (χ1v) is 8.39. The van der Waals surface area contributed by atoms with Crippen LogP contribution in [-0.2, 0) is 6.54 Å². The number of carbonyl (C=O) groups is 1. The summed E-state index contributed by atoms with van der Waals surface area (Å²) in [4.78, 5) is 20.7. The summed E-state index contributed by atoms with van der Waals surface area (Å²) >= 11 is 5.86. The van der Waals surface area contributed by atoms with Crippen molar-refractivity contribution in [2.45, 2.75) is 13.5 Å². The molecule has 0 bridgehead atoms. The molecule has 1 heterocycles. The fraction of sp³-hybridized carbons (Fsp3) is 0.105. The molecule has 1 aromatic heterocycles. The first-order chi connectivity index (χ1) is 12.9. The highest BCUT2D eigenvalue weighted by molar-refractivity contribution is 6.30. The van der Waals surface area contributed by atoms with E-state index in [1.54, 1.807) is 19.1 Å². The van der Waals surface area contributed by atoms with E-state index in [1.165, 1.54) is 12.1 Å². The Hall–Kier alpha value is -3.06. The maximum atomic E-state index is 13.3. The van der Waals surface area contributed by atoms with Crippen molar-refractivity contribution in [3.63, 3.8) is 0 Å². The third kappa shape index (κ3) is 4.98. The smallest absolute Gasteiger partial charge is 0.274 e. The van der Waals surface area contributed by atoms with Gasteiger partial charge >= 0.3 is 0 Å². The van der Waals surface area contributed by atoms with Crippen molar-refractivity contribution in [3.05, 3.63) is 82.3 Å². The molecule has 8 heteroatoms. The van der Waals surface area contributed by atoms with E-state index in [0.717, 1.165) is 17.7 Å². The normalized spacial score (nSPS) is 10.5. The van der Waals surface area contributed by atoms with Crippen LogP contribution in [0, 0.1) is 18.6 Å². The molecule has 0 aliphatic rings. The van der Waals surface area contributed by atoms with Gasteiger partial charge in [0.25, 0.3) is 5.91 Å². The molecule has 3 aromatic rings. The molecule has 0 atom stereocenters. The van der Waals surface area contributed by atoms with E-state index in [9.17, 15) is 13.6 Å². The first kappa shape index (κ1) is 18.7. The van der Waals surface area contributed by atoms with Gasteiger partial charge in [-0.1, -0.05) is 23.7 Å². The largest absolute Gasteiger partial charge is 0.366 e. The van der Waals surface area contributed by atoms with Crippen LogP contribution in [0.4, 0.5) is 20.3 Å². The lowest BCUT2D eigenvalue weighted by molar-refractivity contribution is 0.102. The zero-order valence-electron chi connectivity index (χ0n) is 14.3. The molecule has 3 rings (SSSR count). The molecule has 0 spiro atoms. The molecule has 1 amide bonds. The number of aryl methyl sites for hydroxylation is 1. The first-order valence-electron chi connectivity index (χ1n) is 8.01. The van der Waals surface area contributed by atoms with Gasteiger partial charge in [0.15, 0.2) is 11.6 Å². The minimum atomic E-state index is -1.04. The van der Waals surface area contributed by atoms with Gasteiger partial charge < -0.3 is 10.6 Å². The topological polar surface area (TPSA) is 66.9 Å². The molecule has 138 valence electrons. The maximum absolute atomic E-state index is 13.3. The Morgan fingerprint density at radius 1 is 1.04 bits per heavy atom. The van der Waals surface area contributed by atoms with Crippen molar-refractivity contribution in [2.75, 3.05) is 10.6 Å². The van der Waals surface area contributed by atoms with Crippen LogP contribution in [0.25, 0.3) is 0 Å². The zero-order valence-corrected chi connectivity index (χ0v) is 15.0. The number of rotatable bonds is 5. The van der Waals surface area contributed by atoms with E-state index in [0.29, 0.717) is 23.2 Å². The van der Waals surface area contributed by atoms with E-state index < -0.39 is 17.5 Å². The Labute approximate surface area is 159 Å². The van der Waals surface area contributed by atoms with Crippen LogP contribution in [0.3, 0.4) is 0 Å². The third-order valence-corrected chi connectivity index (χ3v) is 3.89. The molecular formula is C19H15ClF2N4O. The number of nitrogens with one attached hydrogen (secondary N) is 2. The highest BCUT2D eigenvalue weighted by Gasteiger charge is 2.12. The molecule has 5 nitrogen and oxygen atoms in total. The Kier molecular flexibility index (Phi) is 5.61. The summed E-state index contributed by atoms with van der Waals surface area (Å²) in [5.74, 6) is -1.72. The van der Waals surface area contributed by atoms with Crippen molar-refractivity contribution < 1.29 is 13.6 Å². The summed E-state index contributed by atoms with van der Waals surface area (Å²) in [6.45, 7) is 2.14. The van der Waals surface area contributed by atoms with Crippen LogP contribution in [0.2, 0.25) is 5.02 Å². The minimum Gasteiger partial charge on any atom is -0.366 e. The minimum absolute atomic E-state index is 0.103. The van der Waals surface area contributed by atoms with Gasteiger partial charge in [0.2, 0.25) is 0 Å². The molecule has 27 heavy (non-hydrogen) atoms. The molecule has 0 saturated carbocycles. The third-order valence-electron chi connectivity index (χ3n) is 3.63. The molecule has 0 aliphatic carbocycles. The van der Waals surface area contributed by atoms with Gasteiger partial charge in [0.1, 0.15) is 17.3 Å². The number of carbonyl (C=O) groups excluding carboxylic acids is 1. The van der Waals surface area contributed by atoms with Gasteiger partial charge in [-0.3, -0.25) is 4.79 Å². The lowest BCUT2D eigenvalue weighted by atomic mass is 10.2. The predicted molar refractivity (Wildman–Crippen MR) is 99.9 cm³/mol. The van der Waals surface area contributed by atoms with Crippen LogP contribution < -0.4 is 10.6 Å². The van der Waals surface area contributed by atoms with Crippen molar-refractivity contribution in [2.24, 2.45) is 0 Å². The molecule has 0 saturated heterocycles. The average Bonchev–Trinajstić information content (AvgIpc) is 2.64. The van der Waals surface area contributed by atoms with Crippen LogP contribution >= 0.6 is 11.6 Å². The Morgan fingerprint density at radius 2 is 1.78 bits per heavy atom. The Morgan fingerprint density at radius 3 is 2.48 bits per heavy atom. The van der Waals surface area contributed by atoms with Crippen molar-refractivity contribution in [1.29, 1.82) is 0 Å². The molecule has 0 radical (unpaired) electrons. The second-order valence-electron chi connectivity index (χ2n) is 5.75. The standard InChI is InChI=1S/C19H15ClF2N4O/c1-11-24-17(19(27)26-14-6-7-15(21)16(22)8-14)9-18(25-11)23-10-12-2-4-13(20)5-3-12/h2-9H,10H2,1H3,(H,26,27)(H,23,24,25). The van der Waals surface area contributed by atoms with Gasteiger partial charge in [-0.05, 0) is 36.8 Å². The second-order valence-corrected chi connectivity index (χ2v) is 6.19.